The van der Waals surface area contributed by atoms with E-state index in [1.54, 1.807) is 29.2 Å². The summed E-state index contributed by atoms with van der Waals surface area (Å²) in [5.41, 5.74) is 1.09. The maximum Gasteiger partial charge on any atom is 0.228 e. The molecule has 1 aromatic rings. The largest absolute Gasteiger partial charge is 0.342 e. The van der Waals surface area contributed by atoms with Crippen LogP contribution in [0.1, 0.15) is 24.8 Å². The molecule has 0 radical (unpaired) electrons. The van der Waals surface area contributed by atoms with Crippen molar-refractivity contribution < 1.29 is 9.59 Å². The summed E-state index contributed by atoms with van der Waals surface area (Å²) in [4.78, 5) is 28.1. The molecule has 3 rings (SSSR count). The summed E-state index contributed by atoms with van der Waals surface area (Å²) >= 11 is 0. The van der Waals surface area contributed by atoms with E-state index in [-0.39, 0.29) is 24.2 Å². The third-order valence-electron chi connectivity index (χ3n) is 4.21. The Morgan fingerprint density at radius 3 is 2.67 bits per heavy atom. The number of nitrogens with zero attached hydrogens (tertiary/aromatic N) is 3. The normalized spacial score (nSPS) is 21.7. The average molecular weight is 283 g/mol. The van der Waals surface area contributed by atoms with Crippen molar-refractivity contribution in [2.45, 2.75) is 19.3 Å². The lowest BCUT2D eigenvalue weighted by atomic mass is 10.1. The monoisotopic (exact) mass is 283 g/mol. The van der Waals surface area contributed by atoms with Crippen LogP contribution in [-0.2, 0) is 9.59 Å². The van der Waals surface area contributed by atoms with Gasteiger partial charge >= 0.3 is 0 Å². The van der Waals surface area contributed by atoms with Crippen molar-refractivity contribution in [3.05, 3.63) is 29.8 Å². The molecule has 5 heteroatoms. The molecule has 5 nitrogen and oxygen atoms in total. The zero-order chi connectivity index (χ0) is 14.8. The molecule has 1 atom stereocenters. The van der Waals surface area contributed by atoms with Crippen LogP contribution >= 0.6 is 0 Å². The summed E-state index contributed by atoms with van der Waals surface area (Å²) in [6, 6.07) is 9.14. The zero-order valence-electron chi connectivity index (χ0n) is 11.8. The van der Waals surface area contributed by atoms with E-state index in [2.05, 4.69) is 6.07 Å². The van der Waals surface area contributed by atoms with E-state index in [9.17, 15) is 9.59 Å². The molecule has 2 aliphatic heterocycles. The van der Waals surface area contributed by atoms with Crippen LogP contribution in [0.3, 0.4) is 0 Å². The van der Waals surface area contributed by atoms with Crippen LogP contribution in [0.15, 0.2) is 24.3 Å². The number of nitriles is 1. The van der Waals surface area contributed by atoms with Gasteiger partial charge in [-0.3, -0.25) is 9.59 Å². The van der Waals surface area contributed by atoms with Gasteiger partial charge in [0.05, 0.1) is 17.2 Å². The van der Waals surface area contributed by atoms with Gasteiger partial charge < -0.3 is 9.80 Å². The lowest BCUT2D eigenvalue weighted by Gasteiger charge is -2.21. The Hall–Kier alpha value is -2.35. The fraction of sp³-hybridized carbons (Fsp3) is 0.438. The molecule has 0 aliphatic carbocycles. The van der Waals surface area contributed by atoms with Crippen molar-refractivity contribution in [2.24, 2.45) is 5.92 Å². The molecule has 2 aliphatic rings. The van der Waals surface area contributed by atoms with Crippen molar-refractivity contribution in [1.82, 2.24) is 4.90 Å². The van der Waals surface area contributed by atoms with E-state index in [0.717, 1.165) is 25.9 Å². The molecule has 0 spiro atoms. The molecule has 21 heavy (non-hydrogen) atoms. The molecule has 1 unspecified atom stereocenters. The van der Waals surface area contributed by atoms with Gasteiger partial charge in [0.25, 0.3) is 0 Å². The van der Waals surface area contributed by atoms with Gasteiger partial charge in [0.1, 0.15) is 6.07 Å². The highest BCUT2D eigenvalue weighted by Gasteiger charge is 2.38. The van der Waals surface area contributed by atoms with E-state index >= 15 is 0 Å². The Morgan fingerprint density at radius 2 is 1.95 bits per heavy atom. The van der Waals surface area contributed by atoms with Crippen LogP contribution < -0.4 is 4.90 Å². The second kappa shape index (κ2) is 5.57. The molecule has 108 valence electrons. The molecule has 0 bridgehead atoms. The Kier molecular flexibility index (Phi) is 3.61. The van der Waals surface area contributed by atoms with Crippen molar-refractivity contribution >= 4 is 17.5 Å². The minimum Gasteiger partial charge on any atom is -0.342 e. The van der Waals surface area contributed by atoms with Crippen molar-refractivity contribution in [3.8, 4) is 6.07 Å². The lowest BCUT2D eigenvalue weighted by Crippen LogP contribution is -2.35. The van der Waals surface area contributed by atoms with Gasteiger partial charge in [0.15, 0.2) is 0 Å². The van der Waals surface area contributed by atoms with E-state index in [1.807, 2.05) is 4.90 Å². The number of benzene rings is 1. The van der Waals surface area contributed by atoms with Crippen LogP contribution in [0.4, 0.5) is 5.69 Å². The third-order valence-corrected chi connectivity index (χ3v) is 4.21. The summed E-state index contributed by atoms with van der Waals surface area (Å²) in [5, 5.41) is 9.15. The van der Waals surface area contributed by atoms with E-state index in [4.69, 9.17) is 5.26 Å². The first kappa shape index (κ1) is 13.6. The SMILES string of the molecule is N#Cc1ccccc1N1CC(C(=O)N2CCCC2)CC1=O. The Morgan fingerprint density at radius 1 is 1.24 bits per heavy atom. The quantitative estimate of drug-likeness (QED) is 0.827. The van der Waals surface area contributed by atoms with Gasteiger partial charge in [0.2, 0.25) is 11.8 Å². The molecule has 2 amide bonds. The summed E-state index contributed by atoms with van der Waals surface area (Å²) in [7, 11) is 0. The molecule has 1 aromatic carbocycles. The highest BCUT2D eigenvalue weighted by Crippen LogP contribution is 2.29. The minimum atomic E-state index is -0.276. The first-order valence-electron chi connectivity index (χ1n) is 7.29. The molecule has 0 saturated carbocycles. The fourth-order valence-electron chi connectivity index (χ4n) is 3.11. The first-order chi connectivity index (χ1) is 10.2. The number of anilines is 1. The number of para-hydroxylation sites is 1. The predicted molar refractivity (Wildman–Crippen MR) is 77.4 cm³/mol. The number of amides is 2. The fourth-order valence-corrected chi connectivity index (χ4v) is 3.11. The summed E-state index contributed by atoms with van der Waals surface area (Å²) in [5.74, 6) is -0.268. The Balaban J connectivity index is 1.79. The number of rotatable bonds is 2. The topological polar surface area (TPSA) is 64.4 Å². The van der Waals surface area contributed by atoms with E-state index in [1.165, 1.54) is 0 Å². The van der Waals surface area contributed by atoms with Crippen LogP contribution in [0.25, 0.3) is 0 Å². The van der Waals surface area contributed by atoms with Crippen LogP contribution in [0.2, 0.25) is 0 Å². The summed E-state index contributed by atoms with van der Waals surface area (Å²) < 4.78 is 0. The van der Waals surface area contributed by atoms with Gasteiger partial charge in [-0.1, -0.05) is 12.1 Å². The van der Waals surface area contributed by atoms with Crippen LogP contribution in [-0.4, -0.2) is 36.3 Å². The van der Waals surface area contributed by atoms with Crippen molar-refractivity contribution in [1.29, 1.82) is 5.26 Å². The third kappa shape index (κ3) is 2.49. The summed E-state index contributed by atoms with van der Waals surface area (Å²) in [6.45, 7) is 1.99. The highest BCUT2D eigenvalue weighted by atomic mass is 16.2. The molecule has 2 heterocycles. The molecule has 2 saturated heterocycles. The Bertz CT molecular complexity index is 614. The smallest absolute Gasteiger partial charge is 0.228 e. The van der Waals surface area contributed by atoms with Gasteiger partial charge in [-0.25, -0.2) is 0 Å². The average Bonchev–Trinajstić information content (AvgIpc) is 3.16. The molecular formula is C16H17N3O2. The standard InChI is InChI=1S/C16H17N3O2/c17-10-12-5-1-2-6-14(12)19-11-13(9-15(19)20)16(21)18-7-3-4-8-18/h1-2,5-6,13H,3-4,7-9,11H2. The Labute approximate surface area is 123 Å². The number of carbonyl (C=O) groups excluding carboxylic acids is 2. The second-order valence-electron chi connectivity index (χ2n) is 5.57. The van der Waals surface area contributed by atoms with Crippen molar-refractivity contribution in [2.75, 3.05) is 24.5 Å². The van der Waals surface area contributed by atoms with Gasteiger partial charge in [-0.15, -0.1) is 0 Å². The number of carbonyl (C=O) groups is 2. The second-order valence-corrected chi connectivity index (χ2v) is 5.57. The summed E-state index contributed by atoms with van der Waals surface area (Å²) in [6.07, 6.45) is 2.34. The van der Waals surface area contributed by atoms with E-state index in [0.29, 0.717) is 17.8 Å². The molecule has 2 fully saturated rings. The van der Waals surface area contributed by atoms with Gasteiger partial charge in [-0.2, -0.15) is 5.26 Å². The predicted octanol–water partition coefficient (Wildman–Crippen LogP) is 1.53. The van der Waals surface area contributed by atoms with Crippen LogP contribution in [0.5, 0.6) is 0 Å². The van der Waals surface area contributed by atoms with Crippen LogP contribution in [0, 0.1) is 17.2 Å². The maximum atomic E-state index is 12.4. The molecular weight excluding hydrogens is 266 g/mol. The minimum absolute atomic E-state index is 0.0738. The number of hydrogen-bond donors (Lipinski definition) is 0. The highest BCUT2D eigenvalue weighted by molar-refractivity contribution is 6.01. The molecule has 0 aromatic heterocycles. The lowest BCUT2D eigenvalue weighted by molar-refractivity contribution is -0.134. The maximum absolute atomic E-state index is 12.4. The molecule has 0 N–H and O–H groups in total. The first-order valence-corrected chi connectivity index (χ1v) is 7.29. The van der Waals surface area contributed by atoms with Gasteiger partial charge in [0, 0.05) is 26.1 Å². The zero-order valence-corrected chi connectivity index (χ0v) is 11.8. The number of likely N-dealkylation sites (tertiary alicyclic amines) is 1. The number of hydrogen-bond acceptors (Lipinski definition) is 3. The van der Waals surface area contributed by atoms with Gasteiger partial charge in [-0.05, 0) is 25.0 Å². The van der Waals surface area contributed by atoms with Crippen molar-refractivity contribution in [3.63, 3.8) is 0 Å². The van der Waals surface area contributed by atoms with E-state index < -0.39 is 0 Å².